The van der Waals surface area contributed by atoms with E-state index in [9.17, 15) is 8.78 Å². The topological polar surface area (TPSA) is 33.0 Å². The molecule has 0 saturated heterocycles. The molecule has 0 bridgehead atoms. The van der Waals surface area contributed by atoms with Crippen molar-refractivity contribution < 1.29 is 13.5 Å². The number of nitriles is 1. The first-order chi connectivity index (χ1) is 12.6. The molecule has 2 aliphatic rings. The monoisotopic (exact) mass is 361 g/mol. The second-order valence-corrected chi connectivity index (χ2v) is 8.07. The number of hydrogen-bond donors (Lipinski definition) is 0. The van der Waals surface area contributed by atoms with Crippen LogP contribution in [0, 0.1) is 34.8 Å². The predicted molar refractivity (Wildman–Crippen MR) is 97.8 cm³/mol. The fourth-order valence-electron chi connectivity index (χ4n) is 4.58. The van der Waals surface area contributed by atoms with Crippen molar-refractivity contribution in [1.29, 1.82) is 5.26 Å². The summed E-state index contributed by atoms with van der Waals surface area (Å²) in [5.74, 6) is 0.283. The molecule has 2 aliphatic carbocycles. The van der Waals surface area contributed by atoms with Crippen LogP contribution >= 0.6 is 0 Å². The van der Waals surface area contributed by atoms with Gasteiger partial charge >= 0.3 is 0 Å². The molecule has 142 valence electrons. The van der Waals surface area contributed by atoms with Crippen molar-refractivity contribution in [2.75, 3.05) is 6.61 Å². The van der Waals surface area contributed by atoms with E-state index < -0.39 is 17.2 Å². The Kier molecular flexibility index (Phi) is 6.64. The minimum absolute atomic E-state index is 0.159. The molecule has 1 aromatic carbocycles. The SMILES string of the molecule is CCC1CCC(COC2CCC(c3cc(F)c(C#N)c(F)c3)CC2)CC1. The minimum atomic E-state index is -0.747. The third kappa shape index (κ3) is 4.62. The summed E-state index contributed by atoms with van der Waals surface area (Å²) in [5, 5.41) is 8.78. The lowest BCUT2D eigenvalue weighted by atomic mass is 9.81. The Morgan fingerprint density at radius 1 is 0.962 bits per heavy atom. The van der Waals surface area contributed by atoms with Crippen molar-refractivity contribution >= 4 is 0 Å². The third-order valence-corrected chi connectivity index (χ3v) is 6.43. The van der Waals surface area contributed by atoms with Gasteiger partial charge in [0.1, 0.15) is 23.3 Å². The molecule has 0 heterocycles. The Labute approximate surface area is 155 Å². The van der Waals surface area contributed by atoms with Gasteiger partial charge in [-0.3, -0.25) is 0 Å². The summed E-state index contributed by atoms with van der Waals surface area (Å²) < 4.78 is 33.8. The maximum absolute atomic E-state index is 13.8. The standard InChI is InChI=1S/C22H29F2NO/c1-2-15-3-5-16(6-4-15)14-26-19-9-7-17(8-10-19)18-11-21(23)20(13-25)22(24)12-18/h11-12,15-17,19H,2-10,14H2,1H3. The quantitative estimate of drug-likeness (QED) is 0.635. The van der Waals surface area contributed by atoms with Gasteiger partial charge in [-0.1, -0.05) is 26.2 Å². The molecule has 2 saturated carbocycles. The van der Waals surface area contributed by atoms with Gasteiger partial charge in [0.05, 0.1) is 6.10 Å². The van der Waals surface area contributed by atoms with Crippen LogP contribution in [-0.4, -0.2) is 12.7 Å². The van der Waals surface area contributed by atoms with E-state index in [1.165, 1.54) is 44.2 Å². The van der Waals surface area contributed by atoms with Crippen molar-refractivity contribution in [3.05, 3.63) is 34.9 Å². The van der Waals surface area contributed by atoms with Gasteiger partial charge in [-0.2, -0.15) is 5.26 Å². The molecule has 0 atom stereocenters. The summed E-state index contributed by atoms with van der Waals surface area (Å²) in [7, 11) is 0. The normalized spacial score (nSPS) is 29.3. The molecule has 0 radical (unpaired) electrons. The molecule has 2 nitrogen and oxygen atoms in total. The highest BCUT2D eigenvalue weighted by Crippen LogP contribution is 2.36. The maximum atomic E-state index is 13.8. The zero-order valence-electron chi connectivity index (χ0n) is 15.6. The van der Waals surface area contributed by atoms with Crippen LogP contribution in [0.4, 0.5) is 8.78 Å². The number of ether oxygens (including phenoxy) is 1. The van der Waals surface area contributed by atoms with Gasteiger partial charge in [-0.15, -0.1) is 0 Å². The van der Waals surface area contributed by atoms with E-state index in [0.717, 1.165) is 38.2 Å². The van der Waals surface area contributed by atoms with Crippen LogP contribution in [0.3, 0.4) is 0 Å². The van der Waals surface area contributed by atoms with Crippen molar-refractivity contribution in [2.45, 2.75) is 76.7 Å². The first-order valence-corrected chi connectivity index (χ1v) is 10.1. The lowest BCUT2D eigenvalue weighted by Gasteiger charge is -2.32. The highest BCUT2D eigenvalue weighted by Gasteiger charge is 2.26. The summed E-state index contributed by atoms with van der Waals surface area (Å²) >= 11 is 0. The lowest BCUT2D eigenvalue weighted by Crippen LogP contribution is -2.25. The van der Waals surface area contributed by atoms with Crippen LogP contribution < -0.4 is 0 Å². The second kappa shape index (κ2) is 8.95. The van der Waals surface area contributed by atoms with E-state index in [1.807, 2.05) is 0 Å². The third-order valence-electron chi connectivity index (χ3n) is 6.43. The first kappa shape index (κ1) is 19.3. The average Bonchev–Trinajstić information content (AvgIpc) is 2.67. The fourth-order valence-corrected chi connectivity index (χ4v) is 4.58. The molecule has 0 unspecified atom stereocenters. The van der Waals surface area contributed by atoms with Gasteiger partial charge in [0.25, 0.3) is 0 Å². The smallest absolute Gasteiger partial charge is 0.144 e. The summed E-state index contributed by atoms with van der Waals surface area (Å²) in [6, 6.07) is 4.25. The van der Waals surface area contributed by atoms with Crippen LogP contribution in [-0.2, 0) is 4.74 Å². The van der Waals surface area contributed by atoms with Crippen LogP contribution in [0.5, 0.6) is 0 Å². The second-order valence-electron chi connectivity index (χ2n) is 8.07. The predicted octanol–water partition coefficient (Wildman–Crippen LogP) is 6.10. The van der Waals surface area contributed by atoms with E-state index in [0.29, 0.717) is 11.5 Å². The number of halogens is 2. The molecule has 0 amide bonds. The molecule has 1 aromatic rings. The van der Waals surface area contributed by atoms with E-state index >= 15 is 0 Å². The molecule has 0 N–H and O–H groups in total. The highest BCUT2D eigenvalue weighted by molar-refractivity contribution is 5.36. The van der Waals surface area contributed by atoms with Crippen LogP contribution in [0.1, 0.15) is 81.8 Å². The minimum Gasteiger partial charge on any atom is -0.378 e. The molecule has 2 fully saturated rings. The lowest BCUT2D eigenvalue weighted by molar-refractivity contribution is -0.00466. The Hall–Kier alpha value is -1.47. The Bertz CT molecular complexity index is 615. The zero-order chi connectivity index (χ0) is 18.5. The first-order valence-electron chi connectivity index (χ1n) is 10.1. The largest absolute Gasteiger partial charge is 0.378 e. The highest BCUT2D eigenvalue weighted by atomic mass is 19.1. The summed E-state index contributed by atoms with van der Waals surface area (Å²) in [4.78, 5) is 0. The van der Waals surface area contributed by atoms with Crippen molar-refractivity contribution in [3.63, 3.8) is 0 Å². The van der Waals surface area contributed by atoms with Gasteiger partial charge in [0.15, 0.2) is 0 Å². The van der Waals surface area contributed by atoms with E-state index in [2.05, 4.69) is 6.92 Å². The van der Waals surface area contributed by atoms with E-state index in [1.54, 1.807) is 6.07 Å². The summed E-state index contributed by atoms with van der Waals surface area (Å²) in [6.45, 7) is 3.15. The molecular weight excluding hydrogens is 332 g/mol. The summed E-state index contributed by atoms with van der Waals surface area (Å²) in [5.41, 5.74) is 0.193. The van der Waals surface area contributed by atoms with Crippen molar-refractivity contribution in [2.24, 2.45) is 11.8 Å². The van der Waals surface area contributed by atoms with Crippen LogP contribution in [0.25, 0.3) is 0 Å². The Morgan fingerprint density at radius 2 is 1.54 bits per heavy atom. The molecular formula is C22H29F2NO. The van der Waals surface area contributed by atoms with Crippen LogP contribution in [0.15, 0.2) is 12.1 Å². The van der Waals surface area contributed by atoms with E-state index in [4.69, 9.17) is 10.00 Å². The average molecular weight is 361 g/mol. The molecule has 26 heavy (non-hydrogen) atoms. The molecule has 0 spiro atoms. The zero-order valence-corrected chi connectivity index (χ0v) is 15.6. The summed E-state index contributed by atoms with van der Waals surface area (Å²) in [6.07, 6.45) is 10.5. The van der Waals surface area contributed by atoms with Gasteiger partial charge in [0.2, 0.25) is 0 Å². The maximum Gasteiger partial charge on any atom is 0.144 e. The number of nitrogens with zero attached hydrogens (tertiary/aromatic N) is 1. The van der Waals surface area contributed by atoms with Crippen molar-refractivity contribution in [3.8, 4) is 6.07 Å². The van der Waals surface area contributed by atoms with E-state index in [-0.39, 0.29) is 12.0 Å². The molecule has 4 heteroatoms. The number of rotatable bonds is 5. The number of hydrogen-bond acceptors (Lipinski definition) is 2. The van der Waals surface area contributed by atoms with Gasteiger partial charge < -0.3 is 4.74 Å². The molecule has 3 rings (SSSR count). The van der Waals surface area contributed by atoms with Gasteiger partial charge in [0, 0.05) is 6.61 Å². The van der Waals surface area contributed by atoms with Crippen molar-refractivity contribution in [1.82, 2.24) is 0 Å². The van der Waals surface area contributed by atoms with Gasteiger partial charge in [-0.05, 0) is 74.0 Å². The molecule has 0 aromatic heterocycles. The van der Waals surface area contributed by atoms with Crippen LogP contribution in [0.2, 0.25) is 0 Å². The Morgan fingerprint density at radius 3 is 2.08 bits per heavy atom. The fraction of sp³-hybridized carbons (Fsp3) is 0.682. The number of benzene rings is 1. The molecule has 0 aliphatic heterocycles. The Balaban J connectivity index is 1.45. The van der Waals surface area contributed by atoms with Gasteiger partial charge in [-0.25, -0.2) is 8.78 Å².